The van der Waals surface area contributed by atoms with E-state index in [0.717, 1.165) is 5.56 Å². The highest BCUT2D eigenvalue weighted by Crippen LogP contribution is 2.39. The van der Waals surface area contributed by atoms with Gasteiger partial charge in [-0.3, -0.25) is 4.79 Å². The molecule has 5 heteroatoms. The van der Waals surface area contributed by atoms with Crippen LogP contribution in [-0.2, 0) is 0 Å². The van der Waals surface area contributed by atoms with Gasteiger partial charge in [-0.25, -0.2) is 0 Å². The molecule has 0 radical (unpaired) electrons. The van der Waals surface area contributed by atoms with Gasteiger partial charge in [0.15, 0.2) is 5.82 Å². The molecule has 1 aliphatic heterocycles. The van der Waals surface area contributed by atoms with E-state index in [0.29, 0.717) is 10.9 Å². The minimum Gasteiger partial charge on any atom is -0.508 e. The standard InChI is InChI=1S/C18H11N3O2/c19-10-13-16(22)15(11-6-2-1-3-7-11)21-14-9-5-4-8-12(14)18(23)20-17(13)21/h1-9,15,22H/t15-/m0/s1. The van der Waals surface area contributed by atoms with E-state index in [1.54, 1.807) is 22.8 Å². The second-order valence-corrected chi connectivity index (χ2v) is 5.31. The number of rotatable bonds is 1. The average molecular weight is 301 g/mol. The summed E-state index contributed by atoms with van der Waals surface area (Å²) in [6, 6.07) is 17.8. The van der Waals surface area contributed by atoms with Crippen molar-refractivity contribution in [1.82, 2.24) is 9.55 Å². The van der Waals surface area contributed by atoms with Crippen LogP contribution in [0.2, 0.25) is 0 Å². The zero-order valence-electron chi connectivity index (χ0n) is 12.0. The molecule has 0 saturated heterocycles. The zero-order chi connectivity index (χ0) is 16.0. The topological polar surface area (TPSA) is 78.9 Å². The predicted octanol–water partition coefficient (Wildman–Crippen LogP) is 2.79. The van der Waals surface area contributed by atoms with Crippen molar-refractivity contribution < 1.29 is 5.11 Å². The van der Waals surface area contributed by atoms with Gasteiger partial charge in [0.1, 0.15) is 23.4 Å². The molecule has 110 valence electrons. The smallest absolute Gasteiger partial charge is 0.281 e. The van der Waals surface area contributed by atoms with Crippen LogP contribution in [0.4, 0.5) is 0 Å². The second-order valence-electron chi connectivity index (χ2n) is 5.31. The number of para-hydroxylation sites is 1. The van der Waals surface area contributed by atoms with Gasteiger partial charge in [-0.2, -0.15) is 10.2 Å². The summed E-state index contributed by atoms with van der Waals surface area (Å²) >= 11 is 0. The molecule has 1 aromatic heterocycles. The highest BCUT2D eigenvalue weighted by Gasteiger charge is 2.34. The van der Waals surface area contributed by atoms with E-state index in [9.17, 15) is 15.2 Å². The predicted molar refractivity (Wildman–Crippen MR) is 85.7 cm³/mol. The number of nitrogens with zero attached hydrogens (tertiary/aromatic N) is 3. The first-order chi connectivity index (χ1) is 11.2. The highest BCUT2D eigenvalue weighted by atomic mass is 16.3. The lowest BCUT2D eigenvalue weighted by molar-refractivity contribution is 0.365. The maximum absolute atomic E-state index is 12.2. The van der Waals surface area contributed by atoms with E-state index < -0.39 is 11.6 Å². The van der Waals surface area contributed by atoms with Crippen LogP contribution >= 0.6 is 0 Å². The van der Waals surface area contributed by atoms with Crippen molar-refractivity contribution in [2.45, 2.75) is 6.04 Å². The zero-order valence-corrected chi connectivity index (χ0v) is 12.0. The van der Waals surface area contributed by atoms with Gasteiger partial charge in [0.25, 0.3) is 5.56 Å². The highest BCUT2D eigenvalue weighted by molar-refractivity contribution is 5.86. The number of aromatic nitrogens is 2. The molecule has 0 saturated carbocycles. The molecule has 0 fully saturated rings. The molecular weight excluding hydrogens is 290 g/mol. The number of aliphatic hydroxyl groups excluding tert-OH is 1. The SMILES string of the molecule is N#CC1=C(O)[C@H](c2ccccc2)n2c1nc(=O)c1ccccc12. The molecular formula is C18H11N3O2. The molecule has 0 bridgehead atoms. The molecule has 1 N–H and O–H groups in total. The van der Waals surface area contributed by atoms with E-state index >= 15 is 0 Å². The molecule has 1 atom stereocenters. The lowest BCUT2D eigenvalue weighted by Gasteiger charge is -2.18. The van der Waals surface area contributed by atoms with Gasteiger partial charge in [0.2, 0.25) is 0 Å². The normalized spacial score (nSPS) is 16.4. The maximum Gasteiger partial charge on any atom is 0.281 e. The Bertz CT molecular complexity index is 1060. The van der Waals surface area contributed by atoms with Crippen molar-refractivity contribution in [3.05, 3.63) is 82.1 Å². The van der Waals surface area contributed by atoms with E-state index in [1.165, 1.54) is 0 Å². The Morgan fingerprint density at radius 2 is 1.78 bits per heavy atom. The van der Waals surface area contributed by atoms with Crippen molar-refractivity contribution in [2.75, 3.05) is 0 Å². The summed E-state index contributed by atoms with van der Waals surface area (Å²) in [7, 11) is 0. The number of aliphatic hydroxyl groups is 1. The lowest BCUT2D eigenvalue weighted by atomic mass is 10.0. The van der Waals surface area contributed by atoms with Crippen molar-refractivity contribution in [1.29, 1.82) is 5.26 Å². The fourth-order valence-corrected chi connectivity index (χ4v) is 3.05. The van der Waals surface area contributed by atoms with Gasteiger partial charge < -0.3 is 9.67 Å². The lowest BCUT2D eigenvalue weighted by Crippen LogP contribution is -2.18. The third-order valence-electron chi connectivity index (χ3n) is 4.05. The quantitative estimate of drug-likeness (QED) is 0.749. The monoisotopic (exact) mass is 301 g/mol. The van der Waals surface area contributed by atoms with Gasteiger partial charge in [-0.1, -0.05) is 42.5 Å². The number of hydrogen-bond acceptors (Lipinski definition) is 4. The van der Waals surface area contributed by atoms with Gasteiger partial charge >= 0.3 is 0 Å². The molecule has 2 heterocycles. The molecule has 23 heavy (non-hydrogen) atoms. The molecule has 0 spiro atoms. The number of fused-ring (bicyclic) bond motifs is 3. The van der Waals surface area contributed by atoms with Crippen molar-refractivity contribution in [3.8, 4) is 6.07 Å². The number of nitriles is 1. The van der Waals surface area contributed by atoms with Crippen LogP contribution in [-0.4, -0.2) is 14.7 Å². The summed E-state index contributed by atoms with van der Waals surface area (Å²) < 4.78 is 1.75. The summed E-state index contributed by atoms with van der Waals surface area (Å²) in [5.74, 6) is 0.129. The molecule has 0 aliphatic carbocycles. The van der Waals surface area contributed by atoms with E-state index in [-0.39, 0.29) is 17.2 Å². The number of benzene rings is 2. The van der Waals surface area contributed by atoms with Crippen molar-refractivity contribution in [3.63, 3.8) is 0 Å². The van der Waals surface area contributed by atoms with E-state index in [4.69, 9.17) is 0 Å². The van der Waals surface area contributed by atoms with Gasteiger partial charge in [-0.05, 0) is 17.7 Å². The van der Waals surface area contributed by atoms with Crippen LogP contribution in [0.3, 0.4) is 0 Å². The Kier molecular flexibility index (Phi) is 2.78. The summed E-state index contributed by atoms with van der Waals surface area (Å²) in [5.41, 5.74) is 1.11. The van der Waals surface area contributed by atoms with Crippen molar-refractivity contribution in [2.24, 2.45) is 0 Å². The second kappa shape index (κ2) is 4.82. The molecule has 0 amide bonds. The Balaban J connectivity index is 2.14. The number of hydrogen-bond donors (Lipinski definition) is 1. The minimum absolute atomic E-state index is 0.0432. The summed E-state index contributed by atoms with van der Waals surface area (Å²) in [5, 5.41) is 20.4. The molecule has 3 aromatic rings. The Morgan fingerprint density at radius 1 is 1.09 bits per heavy atom. The van der Waals surface area contributed by atoms with Gasteiger partial charge in [0, 0.05) is 0 Å². The van der Waals surface area contributed by atoms with Crippen LogP contribution in [0.25, 0.3) is 16.5 Å². The first kappa shape index (κ1) is 13.3. The summed E-state index contributed by atoms with van der Waals surface area (Å²) in [6.07, 6.45) is 0. The largest absolute Gasteiger partial charge is 0.508 e. The average Bonchev–Trinajstić information content (AvgIpc) is 2.87. The van der Waals surface area contributed by atoms with E-state index in [1.807, 2.05) is 42.5 Å². The molecule has 4 rings (SSSR count). The molecule has 2 aromatic carbocycles. The first-order valence-electron chi connectivity index (χ1n) is 7.12. The molecule has 0 unspecified atom stereocenters. The summed E-state index contributed by atoms with van der Waals surface area (Å²) in [6.45, 7) is 0. The Labute approximate surface area is 131 Å². The van der Waals surface area contributed by atoms with Crippen LogP contribution in [0.15, 0.2) is 65.2 Å². The number of allylic oxidation sites excluding steroid dienone is 2. The van der Waals surface area contributed by atoms with Crippen LogP contribution in [0.5, 0.6) is 0 Å². The van der Waals surface area contributed by atoms with Crippen LogP contribution in [0.1, 0.15) is 17.4 Å². The Hall–Kier alpha value is -3.39. The van der Waals surface area contributed by atoms with Gasteiger partial charge in [0.05, 0.1) is 10.9 Å². The fraction of sp³-hybridized carbons (Fsp3) is 0.0556. The third-order valence-corrected chi connectivity index (χ3v) is 4.05. The minimum atomic E-state index is -0.557. The van der Waals surface area contributed by atoms with E-state index in [2.05, 4.69) is 4.98 Å². The molecule has 5 nitrogen and oxygen atoms in total. The fourth-order valence-electron chi connectivity index (χ4n) is 3.05. The van der Waals surface area contributed by atoms with Crippen molar-refractivity contribution >= 4 is 16.5 Å². The third kappa shape index (κ3) is 1.79. The van der Waals surface area contributed by atoms with Crippen LogP contribution in [0, 0.1) is 11.3 Å². The summed E-state index contributed by atoms with van der Waals surface area (Å²) in [4.78, 5) is 16.2. The maximum atomic E-state index is 12.2. The first-order valence-corrected chi connectivity index (χ1v) is 7.12. The molecule has 1 aliphatic rings. The van der Waals surface area contributed by atoms with Gasteiger partial charge in [-0.15, -0.1) is 0 Å². The Morgan fingerprint density at radius 3 is 2.52 bits per heavy atom. The van der Waals surface area contributed by atoms with Crippen LogP contribution < -0.4 is 5.56 Å².